The van der Waals surface area contributed by atoms with E-state index in [2.05, 4.69) is 5.16 Å². The quantitative estimate of drug-likeness (QED) is 0.856. The molecule has 0 saturated heterocycles. The third kappa shape index (κ3) is 2.66. The number of hydrogen-bond acceptors (Lipinski definition) is 3. The first-order valence-corrected chi connectivity index (χ1v) is 7.19. The van der Waals surface area contributed by atoms with Gasteiger partial charge in [0.1, 0.15) is 0 Å². The highest BCUT2D eigenvalue weighted by Crippen LogP contribution is 2.30. The fourth-order valence-corrected chi connectivity index (χ4v) is 2.58. The summed E-state index contributed by atoms with van der Waals surface area (Å²) in [6.45, 7) is 7.01. The minimum absolute atomic E-state index is 0.0340. The Labute approximate surface area is 124 Å². The smallest absolute Gasteiger partial charge is 0.269 e. The number of amides is 1. The number of carbonyl (C=O) groups is 1. The van der Waals surface area contributed by atoms with Crippen LogP contribution >= 0.6 is 11.6 Å². The average Bonchev–Trinajstić information content (AvgIpc) is 2.84. The molecule has 108 valence electrons. The summed E-state index contributed by atoms with van der Waals surface area (Å²) in [5.74, 6) is -0.0340. The van der Waals surface area contributed by atoms with E-state index >= 15 is 0 Å². The Morgan fingerprint density at radius 3 is 2.65 bits per heavy atom. The fraction of sp³-hybridized carbons (Fsp3) is 0.467. The summed E-state index contributed by atoms with van der Waals surface area (Å²) in [6.07, 6.45) is 0.437. The highest BCUT2D eigenvalue weighted by Gasteiger charge is 2.44. The normalized spacial score (nSPS) is 21.3. The van der Waals surface area contributed by atoms with Gasteiger partial charge in [0, 0.05) is 30.1 Å². The van der Waals surface area contributed by atoms with Crippen molar-refractivity contribution in [3.63, 3.8) is 0 Å². The van der Waals surface area contributed by atoms with Crippen molar-refractivity contribution in [2.75, 3.05) is 13.1 Å². The van der Waals surface area contributed by atoms with Gasteiger partial charge in [0.05, 0.1) is 5.71 Å². The van der Waals surface area contributed by atoms with E-state index in [0.717, 1.165) is 11.3 Å². The summed E-state index contributed by atoms with van der Waals surface area (Å²) in [5, 5.41) is 4.70. The highest BCUT2D eigenvalue weighted by molar-refractivity contribution is 6.34. The van der Waals surface area contributed by atoms with Crippen molar-refractivity contribution in [1.82, 2.24) is 4.90 Å². The summed E-state index contributed by atoms with van der Waals surface area (Å²) < 4.78 is 0. The predicted molar refractivity (Wildman–Crippen MR) is 80.0 cm³/mol. The molecule has 1 atom stereocenters. The van der Waals surface area contributed by atoms with Gasteiger partial charge in [-0.2, -0.15) is 0 Å². The van der Waals surface area contributed by atoms with E-state index in [0.29, 0.717) is 24.5 Å². The maximum Gasteiger partial charge on any atom is 0.269 e. The van der Waals surface area contributed by atoms with Gasteiger partial charge < -0.3 is 9.74 Å². The van der Waals surface area contributed by atoms with Crippen LogP contribution in [0.4, 0.5) is 0 Å². The first-order valence-electron chi connectivity index (χ1n) is 6.81. The van der Waals surface area contributed by atoms with Gasteiger partial charge in [-0.15, -0.1) is 0 Å². The number of rotatable bonds is 4. The minimum atomic E-state index is -0.930. The fourth-order valence-electron chi connectivity index (χ4n) is 2.34. The second kappa shape index (κ2) is 5.83. The molecule has 1 amide bonds. The van der Waals surface area contributed by atoms with Crippen molar-refractivity contribution < 1.29 is 9.63 Å². The maximum absolute atomic E-state index is 12.5. The Balaban J connectivity index is 2.18. The number of halogens is 1. The second-order valence-electron chi connectivity index (χ2n) is 4.99. The van der Waals surface area contributed by atoms with Crippen LogP contribution in [0.25, 0.3) is 0 Å². The van der Waals surface area contributed by atoms with Crippen molar-refractivity contribution in [1.29, 1.82) is 0 Å². The highest BCUT2D eigenvalue weighted by atomic mass is 35.5. The van der Waals surface area contributed by atoms with Crippen LogP contribution in [0.2, 0.25) is 5.02 Å². The van der Waals surface area contributed by atoms with Crippen LogP contribution < -0.4 is 0 Å². The lowest BCUT2D eigenvalue weighted by atomic mass is 9.94. The Bertz CT molecular complexity index is 540. The van der Waals surface area contributed by atoms with E-state index in [9.17, 15) is 4.79 Å². The molecular weight excluding hydrogens is 276 g/mol. The van der Waals surface area contributed by atoms with Gasteiger partial charge in [-0.25, -0.2) is 0 Å². The number of carbonyl (C=O) groups excluding carboxylic acids is 1. The van der Waals surface area contributed by atoms with Crippen LogP contribution in [0.15, 0.2) is 29.4 Å². The molecule has 1 aliphatic heterocycles. The third-order valence-electron chi connectivity index (χ3n) is 3.55. The summed E-state index contributed by atoms with van der Waals surface area (Å²) in [4.78, 5) is 19.7. The predicted octanol–water partition coefficient (Wildman–Crippen LogP) is 3.09. The van der Waals surface area contributed by atoms with Crippen LogP contribution in [0, 0.1) is 0 Å². The van der Waals surface area contributed by atoms with Gasteiger partial charge in [0.2, 0.25) is 5.60 Å². The zero-order chi connectivity index (χ0) is 14.8. The van der Waals surface area contributed by atoms with E-state index in [1.54, 1.807) is 17.9 Å². The number of nitrogens with zero attached hydrogens (tertiary/aromatic N) is 2. The van der Waals surface area contributed by atoms with E-state index in [1.807, 2.05) is 32.0 Å². The molecular formula is C15H19ClN2O2. The SMILES string of the molecule is CCN(CC)C(=O)[C@]1(C)CC(c2ccccc2Cl)=NO1. The van der Waals surface area contributed by atoms with Gasteiger partial charge in [0.15, 0.2) is 0 Å². The van der Waals surface area contributed by atoms with Crippen molar-refractivity contribution in [3.8, 4) is 0 Å². The number of benzene rings is 1. The molecule has 0 unspecified atom stereocenters. The third-order valence-corrected chi connectivity index (χ3v) is 3.88. The molecule has 4 nitrogen and oxygen atoms in total. The van der Waals surface area contributed by atoms with Gasteiger partial charge >= 0.3 is 0 Å². The van der Waals surface area contributed by atoms with Gasteiger partial charge in [-0.1, -0.05) is 35.0 Å². The molecule has 0 saturated carbocycles. The molecule has 0 N–H and O–H groups in total. The molecule has 1 aromatic rings. The number of oxime groups is 1. The van der Waals surface area contributed by atoms with E-state index < -0.39 is 5.60 Å². The lowest BCUT2D eigenvalue weighted by Crippen LogP contribution is -2.47. The molecule has 0 aromatic heterocycles. The lowest BCUT2D eigenvalue weighted by Gasteiger charge is -2.28. The summed E-state index contributed by atoms with van der Waals surface area (Å²) in [5.41, 5.74) is 0.615. The van der Waals surface area contributed by atoms with E-state index in [-0.39, 0.29) is 5.91 Å². The molecule has 0 aliphatic carbocycles. The summed E-state index contributed by atoms with van der Waals surface area (Å²) in [6, 6.07) is 7.45. The van der Waals surface area contributed by atoms with Crippen LogP contribution in [0.3, 0.4) is 0 Å². The topological polar surface area (TPSA) is 41.9 Å². The minimum Gasteiger partial charge on any atom is -0.379 e. The van der Waals surface area contributed by atoms with E-state index in [1.165, 1.54) is 0 Å². The first-order chi connectivity index (χ1) is 9.51. The van der Waals surface area contributed by atoms with Crippen molar-refractivity contribution >= 4 is 23.2 Å². The molecule has 1 heterocycles. The van der Waals surface area contributed by atoms with Crippen molar-refractivity contribution in [2.24, 2.45) is 5.16 Å². The standard InChI is InChI=1S/C15H19ClN2O2/c1-4-18(5-2)14(19)15(3)10-13(17-20-15)11-8-6-7-9-12(11)16/h6-9H,4-5,10H2,1-3H3/t15-/m0/s1. The molecule has 1 aromatic carbocycles. The lowest BCUT2D eigenvalue weighted by molar-refractivity contribution is -0.152. The number of hydrogen-bond donors (Lipinski definition) is 0. The number of likely N-dealkylation sites (N-methyl/N-ethyl adjacent to an activating group) is 1. The van der Waals surface area contributed by atoms with Crippen LogP contribution in [0.5, 0.6) is 0 Å². The van der Waals surface area contributed by atoms with Crippen molar-refractivity contribution in [2.45, 2.75) is 32.8 Å². The molecule has 2 rings (SSSR count). The largest absolute Gasteiger partial charge is 0.379 e. The van der Waals surface area contributed by atoms with Crippen LogP contribution in [-0.2, 0) is 9.63 Å². The first kappa shape index (κ1) is 14.9. The van der Waals surface area contributed by atoms with Gasteiger partial charge in [0.25, 0.3) is 5.91 Å². The van der Waals surface area contributed by atoms with E-state index in [4.69, 9.17) is 16.4 Å². The Hall–Kier alpha value is -1.55. The Morgan fingerprint density at radius 1 is 1.40 bits per heavy atom. The molecule has 0 fully saturated rings. The summed E-state index contributed by atoms with van der Waals surface area (Å²) >= 11 is 6.16. The maximum atomic E-state index is 12.5. The Kier molecular flexibility index (Phi) is 4.33. The molecule has 5 heteroatoms. The molecule has 0 radical (unpaired) electrons. The molecule has 0 bridgehead atoms. The zero-order valence-electron chi connectivity index (χ0n) is 12.0. The molecule has 0 spiro atoms. The Morgan fingerprint density at radius 2 is 2.05 bits per heavy atom. The van der Waals surface area contributed by atoms with Crippen molar-refractivity contribution in [3.05, 3.63) is 34.9 Å². The van der Waals surface area contributed by atoms with Gasteiger partial charge in [-0.3, -0.25) is 4.79 Å². The second-order valence-corrected chi connectivity index (χ2v) is 5.40. The monoisotopic (exact) mass is 294 g/mol. The zero-order valence-corrected chi connectivity index (χ0v) is 12.8. The van der Waals surface area contributed by atoms with Gasteiger partial charge in [-0.05, 0) is 26.8 Å². The molecule has 20 heavy (non-hydrogen) atoms. The molecule has 1 aliphatic rings. The van der Waals surface area contributed by atoms with Crippen LogP contribution in [0.1, 0.15) is 32.8 Å². The van der Waals surface area contributed by atoms with Crippen LogP contribution in [-0.4, -0.2) is 35.2 Å². The summed E-state index contributed by atoms with van der Waals surface area (Å²) in [7, 11) is 0. The average molecular weight is 295 g/mol.